The second-order valence-electron chi connectivity index (χ2n) is 5.96. The van der Waals surface area contributed by atoms with Gasteiger partial charge in [-0.15, -0.1) is 0 Å². The highest BCUT2D eigenvalue weighted by molar-refractivity contribution is 5.81. The van der Waals surface area contributed by atoms with Crippen molar-refractivity contribution in [3.63, 3.8) is 0 Å². The average Bonchev–Trinajstić information content (AvgIpc) is 3.04. The molecule has 3 heteroatoms. The van der Waals surface area contributed by atoms with Gasteiger partial charge in [-0.1, -0.05) is 12.8 Å². The van der Waals surface area contributed by atoms with E-state index in [1.54, 1.807) is 0 Å². The highest BCUT2D eigenvalue weighted by Gasteiger charge is 2.57. The highest BCUT2D eigenvalue weighted by atomic mass is 16.5. The van der Waals surface area contributed by atoms with Crippen LogP contribution in [-0.2, 0) is 9.53 Å². The van der Waals surface area contributed by atoms with Gasteiger partial charge in [0, 0.05) is 24.0 Å². The lowest BCUT2D eigenvalue weighted by molar-refractivity contribution is -0.144. The van der Waals surface area contributed by atoms with Crippen LogP contribution in [0.5, 0.6) is 0 Å². The average molecular weight is 237 g/mol. The lowest BCUT2D eigenvalue weighted by Crippen LogP contribution is -2.63. The summed E-state index contributed by atoms with van der Waals surface area (Å²) in [5.41, 5.74) is 0.292. The fourth-order valence-electron chi connectivity index (χ4n) is 3.72. The zero-order chi connectivity index (χ0) is 11.9. The third kappa shape index (κ3) is 1.88. The Morgan fingerprint density at radius 3 is 2.65 bits per heavy atom. The molecule has 1 amide bonds. The minimum absolute atomic E-state index is 0.292. The summed E-state index contributed by atoms with van der Waals surface area (Å²) in [6.07, 6.45) is 8.73. The van der Waals surface area contributed by atoms with Crippen LogP contribution >= 0.6 is 0 Å². The molecule has 3 rings (SSSR count). The molecule has 1 N–H and O–H groups in total. The summed E-state index contributed by atoms with van der Waals surface area (Å²) in [5.74, 6) is 0.635. The van der Waals surface area contributed by atoms with Gasteiger partial charge in [0.25, 0.3) is 0 Å². The van der Waals surface area contributed by atoms with Crippen molar-refractivity contribution in [3.05, 3.63) is 0 Å². The minimum atomic E-state index is 0.292. The first-order chi connectivity index (χ1) is 8.26. The fourth-order valence-corrected chi connectivity index (χ4v) is 3.72. The molecule has 0 aromatic rings. The Hall–Kier alpha value is -0.570. The maximum atomic E-state index is 11.9. The fraction of sp³-hybridized carbons (Fsp3) is 0.929. The summed E-state index contributed by atoms with van der Waals surface area (Å²) in [5, 5.41) is 3.28. The Bertz CT molecular complexity index is 305. The van der Waals surface area contributed by atoms with E-state index in [2.05, 4.69) is 12.2 Å². The standard InChI is InChI=1S/C14H23NO2/c1-2-17-12-9-11(14(12)7-3-4-8-14)15-13(16)10-5-6-10/h10-12H,2-9H2,1H3,(H,15,16)/t11-,12+/m0/s1. The van der Waals surface area contributed by atoms with Gasteiger partial charge in [-0.25, -0.2) is 0 Å². The van der Waals surface area contributed by atoms with Gasteiger partial charge < -0.3 is 10.1 Å². The number of nitrogens with one attached hydrogen (secondary N) is 1. The molecule has 3 fully saturated rings. The SMILES string of the molecule is CCO[C@@H]1C[C@H](NC(=O)C2CC2)C12CCCC2. The molecule has 3 aliphatic rings. The van der Waals surface area contributed by atoms with E-state index in [0.717, 1.165) is 25.9 Å². The first-order valence-corrected chi connectivity index (χ1v) is 7.18. The Morgan fingerprint density at radius 1 is 1.35 bits per heavy atom. The van der Waals surface area contributed by atoms with Gasteiger partial charge in [0.2, 0.25) is 5.91 Å². The van der Waals surface area contributed by atoms with Crippen molar-refractivity contribution in [2.75, 3.05) is 6.61 Å². The number of hydrogen-bond acceptors (Lipinski definition) is 2. The number of rotatable bonds is 4. The predicted molar refractivity (Wildman–Crippen MR) is 65.6 cm³/mol. The van der Waals surface area contributed by atoms with Crippen LogP contribution in [0.3, 0.4) is 0 Å². The van der Waals surface area contributed by atoms with Crippen LogP contribution in [0.2, 0.25) is 0 Å². The third-order valence-corrected chi connectivity index (χ3v) is 4.95. The summed E-state index contributed by atoms with van der Waals surface area (Å²) < 4.78 is 5.85. The number of carbonyl (C=O) groups excluding carboxylic acids is 1. The van der Waals surface area contributed by atoms with Crippen molar-refractivity contribution in [3.8, 4) is 0 Å². The summed E-state index contributed by atoms with van der Waals surface area (Å²) >= 11 is 0. The molecule has 3 aliphatic carbocycles. The molecule has 96 valence electrons. The van der Waals surface area contributed by atoms with Crippen molar-refractivity contribution in [1.82, 2.24) is 5.32 Å². The molecule has 2 atom stereocenters. The summed E-state index contributed by atoms with van der Waals surface area (Å²) in [4.78, 5) is 11.9. The molecule has 17 heavy (non-hydrogen) atoms. The van der Waals surface area contributed by atoms with Crippen molar-refractivity contribution < 1.29 is 9.53 Å². The topological polar surface area (TPSA) is 38.3 Å². The van der Waals surface area contributed by atoms with E-state index in [9.17, 15) is 4.79 Å². The molecular formula is C14H23NO2. The maximum absolute atomic E-state index is 11.9. The van der Waals surface area contributed by atoms with Gasteiger partial charge >= 0.3 is 0 Å². The van der Waals surface area contributed by atoms with Crippen LogP contribution in [0.4, 0.5) is 0 Å². The van der Waals surface area contributed by atoms with Crippen molar-refractivity contribution in [2.45, 2.75) is 64.0 Å². The number of carbonyl (C=O) groups is 1. The molecule has 3 saturated carbocycles. The zero-order valence-electron chi connectivity index (χ0n) is 10.7. The van der Waals surface area contributed by atoms with E-state index in [-0.39, 0.29) is 0 Å². The van der Waals surface area contributed by atoms with Crippen LogP contribution in [0, 0.1) is 11.3 Å². The smallest absolute Gasteiger partial charge is 0.223 e. The molecule has 0 aromatic carbocycles. The van der Waals surface area contributed by atoms with Gasteiger partial charge in [-0.05, 0) is 39.0 Å². The van der Waals surface area contributed by atoms with Crippen LogP contribution in [0.25, 0.3) is 0 Å². The monoisotopic (exact) mass is 237 g/mol. The Kier molecular flexibility index (Phi) is 2.89. The normalized spacial score (nSPS) is 34.6. The molecule has 0 unspecified atom stereocenters. The molecule has 0 aliphatic heterocycles. The lowest BCUT2D eigenvalue weighted by atomic mass is 9.60. The molecule has 0 aromatic heterocycles. The Morgan fingerprint density at radius 2 is 2.06 bits per heavy atom. The number of hydrogen-bond donors (Lipinski definition) is 1. The summed E-state index contributed by atoms with van der Waals surface area (Å²) in [6, 6.07) is 0.398. The van der Waals surface area contributed by atoms with E-state index < -0.39 is 0 Å². The molecule has 0 saturated heterocycles. The minimum Gasteiger partial charge on any atom is -0.378 e. The third-order valence-electron chi connectivity index (χ3n) is 4.95. The van der Waals surface area contributed by atoms with Crippen LogP contribution in [0.15, 0.2) is 0 Å². The molecular weight excluding hydrogens is 214 g/mol. The lowest BCUT2D eigenvalue weighted by Gasteiger charge is -2.54. The first kappa shape index (κ1) is 11.5. The Balaban J connectivity index is 1.63. The van der Waals surface area contributed by atoms with Gasteiger partial charge in [0.15, 0.2) is 0 Å². The second kappa shape index (κ2) is 4.27. The zero-order valence-corrected chi connectivity index (χ0v) is 10.7. The summed E-state index contributed by atoms with van der Waals surface area (Å²) in [6.45, 7) is 2.87. The van der Waals surface area contributed by atoms with Crippen molar-refractivity contribution in [2.24, 2.45) is 11.3 Å². The van der Waals surface area contributed by atoms with Crippen LogP contribution < -0.4 is 5.32 Å². The van der Waals surface area contributed by atoms with E-state index in [1.807, 2.05) is 0 Å². The van der Waals surface area contributed by atoms with Gasteiger partial charge in [-0.2, -0.15) is 0 Å². The number of amides is 1. The largest absolute Gasteiger partial charge is 0.378 e. The molecule has 0 bridgehead atoms. The highest BCUT2D eigenvalue weighted by Crippen LogP contribution is 2.54. The molecule has 3 nitrogen and oxygen atoms in total. The number of ether oxygens (including phenoxy) is 1. The van der Waals surface area contributed by atoms with Gasteiger partial charge in [0.1, 0.15) is 0 Å². The Labute approximate surface area is 103 Å². The van der Waals surface area contributed by atoms with Gasteiger partial charge in [-0.3, -0.25) is 4.79 Å². The van der Waals surface area contributed by atoms with E-state index in [1.165, 1.54) is 25.7 Å². The maximum Gasteiger partial charge on any atom is 0.223 e. The quantitative estimate of drug-likeness (QED) is 0.814. The first-order valence-electron chi connectivity index (χ1n) is 7.18. The molecule has 0 radical (unpaired) electrons. The van der Waals surface area contributed by atoms with Crippen LogP contribution in [0.1, 0.15) is 51.9 Å². The predicted octanol–water partition coefficient (Wildman–Crippen LogP) is 2.25. The van der Waals surface area contributed by atoms with Gasteiger partial charge in [0.05, 0.1) is 6.10 Å². The summed E-state index contributed by atoms with van der Waals surface area (Å²) in [7, 11) is 0. The van der Waals surface area contributed by atoms with E-state index >= 15 is 0 Å². The molecule has 0 heterocycles. The van der Waals surface area contributed by atoms with Crippen molar-refractivity contribution in [1.29, 1.82) is 0 Å². The van der Waals surface area contributed by atoms with Crippen molar-refractivity contribution >= 4 is 5.91 Å². The van der Waals surface area contributed by atoms with E-state index in [0.29, 0.717) is 29.4 Å². The second-order valence-corrected chi connectivity index (χ2v) is 5.96. The molecule has 1 spiro atoms. The van der Waals surface area contributed by atoms with Crippen LogP contribution in [-0.4, -0.2) is 24.7 Å². The van der Waals surface area contributed by atoms with E-state index in [4.69, 9.17) is 4.74 Å².